The van der Waals surface area contributed by atoms with E-state index in [4.69, 9.17) is 0 Å². The quantitative estimate of drug-likeness (QED) is 0.226. The van der Waals surface area contributed by atoms with Crippen LogP contribution in [0.25, 0.3) is 0 Å². The van der Waals surface area contributed by atoms with Crippen LogP contribution in [0.1, 0.15) is 57.2 Å². The number of carbonyl (C=O) groups is 3. The molecule has 11 nitrogen and oxygen atoms in total. The number of hydroxylamine groups is 2. The summed E-state index contributed by atoms with van der Waals surface area (Å²) in [5.41, 5.74) is 4.96. The van der Waals surface area contributed by atoms with Gasteiger partial charge in [0, 0.05) is 13.6 Å². The van der Waals surface area contributed by atoms with Crippen LogP contribution in [0.5, 0.6) is 0 Å². The predicted octanol–water partition coefficient (Wildman–Crippen LogP) is 1.83. The predicted molar refractivity (Wildman–Crippen MR) is 122 cm³/mol. The Bertz CT molecular complexity index is 881. The van der Waals surface area contributed by atoms with Gasteiger partial charge in [0.1, 0.15) is 11.9 Å². The molecule has 0 spiro atoms. The molecule has 1 aromatic rings. The van der Waals surface area contributed by atoms with Gasteiger partial charge in [-0.3, -0.25) is 30.4 Å². The average Bonchev–Trinajstić information content (AvgIpc) is 3.28. The van der Waals surface area contributed by atoms with Crippen LogP contribution in [-0.4, -0.2) is 69.5 Å². The van der Waals surface area contributed by atoms with Gasteiger partial charge in [0.15, 0.2) is 11.6 Å². The van der Waals surface area contributed by atoms with Crippen molar-refractivity contribution in [2.24, 2.45) is 11.8 Å². The zero-order chi connectivity index (χ0) is 24.7. The molecule has 1 saturated heterocycles. The monoisotopic (exact) mass is 479 g/mol. The molecule has 1 aliphatic carbocycles. The number of likely N-dealkylation sites (tertiary alicyclic amines) is 1. The van der Waals surface area contributed by atoms with Crippen LogP contribution in [0.3, 0.4) is 0 Å². The lowest BCUT2D eigenvalue weighted by atomic mass is 9.92. The Morgan fingerprint density at radius 1 is 1.24 bits per heavy atom. The van der Waals surface area contributed by atoms with Crippen molar-refractivity contribution in [1.29, 1.82) is 0 Å². The molecule has 2 aliphatic rings. The van der Waals surface area contributed by atoms with Gasteiger partial charge in [-0.2, -0.15) is 4.39 Å². The molecule has 2 atom stereocenters. The fraction of sp³-hybridized carbons (Fsp3) is 0.682. The molecule has 1 aliphatic heterocycles. The van der Waals surface area contributed by atoms with Crippen LogP contribution in [0, 0.1) is 24.6 Å². The summed E-state index contributed by atoms with van der Waals surface area (Å²) in [7, 11) is 1.71. The largest absolute Gasteiger partial charge is 0.356 e. The number of halogens is 1. The van der Waals surface area contributed by atoms with E-state index in [-0.39, 0.29) is 36.3 Å². The first-order chi connectivity index (χ1) is 16.3. The summed E-state index contributed by atoms with van der Waals surface area (Å²) in [5, 5.41) is 13.0. The normalized spacial score (nSPS) is 19.9. The van der Waals surface area contributed by atoms with Crippen molar-refractivity contribution in [1.82, 2.24) is 25.4 Å². The molecule has 0 bridgehead atoms. The van der Waals surface area contributed by atoms with E-state index in [0.717, 1.165) is 38.5 Å². The lowest BCUT2D eigenvalue weighted by molar-refractivity contribution is -0.154. The molecular weight excluding hydrogens is 445 g/mol. The van der Waals surface area contributed by atoms with Crippen LogP contribution >= 0.6 is 0 Å². The molecule has 3 rings (SSSR count). The summed E-state index contributed by atoms with van der Waals surface area (Å²) in [6, 6.07) is -0.603. The van der Waals surface area contributed by atoms with Crippen LogP contribution in [-0.2, 0) is 14.4 Å². The highest BCUT2D eigenvalue weighted by Gasteiger charge is 2.29. The number of hydrazine groups is 1. The zero-order valence-corrected chi connectivity index (χ0v) is 19.7. The highest BCUT2D eigenvalue weighted by molar-refractivity contribution is 5.84. The van der Waals surface area contributed by atoms with Crippen molar-refractivity contribution in [2.75, 3.05) is 30.9 Å². The highest BCUT2D eigenvalue weighted by Crippen LogP contribution is 2.30. The van der Waals surface area contributed by atoms with Gasteiger partial charge >= 0.3 is 0 Å². The number of amides is 3. The second-order valence-corrected chi connectivity index (χ2v) is 9.16. The second kappa shape index (κ2) is 11.9. The van der Waals surface area contributed by atoms with Crippen LogP contribution in [0.2, 0.25) is 0 Å². The number of hydrogen-bond acceptors (Lipinski definition) is 8. The first kappa shape index (κ1) is 25.6. The summed E-state index contributed by atoms with van der Waals surface area (Å²) in [6.07, 6.45) is 7.19. The summed E-state index contributed by atoms with van der Waals surface area (Å²) in [6.45, 7) is 2.07. The minimum absolute atomic E-state index is 0.122. The van der Waals surface area contributed by atoms with Gasteiger partial charge in [-0.05, 0) is 38.5 Å². The Kier molecular flexibility index (Phi) is 8.97. The van der Waals surface area contributed by atoms with Gasteiger partial charge in [0.2, 0.25) is 24.0 Å². The standard InChI is InChI=1S/C22H34FN7O4/c1-14-24-19(26-17-9-5-6-10-29(2)22(17)33)18(23)20(25-14)27-28-21(32)16(12-30(34)13-31)11-15-7-3-4-8-15/h13,15-17,34H,3-12H2,1-2H3,(H,28,32)(H2,24,25,26,27)/t16-,17+/m1/s1. The topological polar surface area (TPSA) is 140 Å². The maximum Gasteiger partial charge on any atom is 0.244 e. The van der Waals surface area contributed by atoms with E-state index in [1.165, 1.54) is 0 Å². The van der Waals surface area contributed by atoms with Crippen molar-refractivity contribution >= 4 is 29.9 Å². The Labute approximate surface area is 198 Å². The average molecular weight is 480 g/mol. The Hall–Kier alpha value is -3.02. The first-order valence-corrected chi connectivity index (χ1v) is 11.8. The highest BCUT2D eigenvalue weighted by atomic mass is 19.1. The van der Waals surface area contributed by atoms with Crippen LogP contribution in [0.15, 0.2) is 0 Å². The van der Waals surface area contributed by atoms with E-state index >= 15 is 4.39 Å². The van der Waals surface area contributed by atoms with Crippen LogP contribution in [0.4, 0.5) is 16.0 Å². The third-order valence-electron chi connectivity index (χ3n) is 6.48. The van der Waals surface area contributed by atoms with Gasteiger partial charge in [-0.25, -0.2) is 15.0 Å². The van der Waals surface area contributed by atoms with Gasteiger partial charge < -0.3 is 10.2 Å². The number of rotatable bonds is 10. The fourth-order valence-corrected chi connectivity index (χ4v) is 4.64. The number of nitrogens with one attached hydrogen (secondary N) is 3. The molecule has 12 heteroatoms. The molecule has 2 fully saturated rings. The Balaban J connectivity index is 1.69. The van der Waals surface area contributed by atoms with Crippen molar-refractivity contribution in [2.45, 2.75) is 64.3 Å². The smallest absolute Gasteiger partial charge is 0.244 e. The number of carbonyl (C=O) groups excluding carboxylic acids is 3. The van der Waals surface area contributed by atoms with E-state index in [2.05, 4.69) is 26.1 Å². The lowest BCUT2D eigenvalue weighted by Gasteiger charge is -2.23. The second-order valence-electron chi connectivity index (χ2n) is 9.16. The third kappa shape index (κ3) is 6.75. The molecule has 0 unspecified atom stereocenters. The van der Waals surface area contributed by atoms with Crippen molar-refractivity contribution in [3.05, 3.63) is 11.6 Å². The molecule has 188 valence electrons. The Morgan fingerprint density at radius 3 is 2.62 bits per heavy atom. The molecule has 0 radical (unpaired) electrons. The minimum Gasteiger partial charge on any atom is -0.356 e. The van der Waals surface area contributed by atoms with E-state index in [1.54, 1.807) is 18.9 Å². The van der Waals surface area contributed by atoms with E-state index in [1.807, 2.05) is 0 Å². The van der Waals surface area contributed by atoms with Crippen molar-refractivity contribution in [3.8, 4) is 0 Å². The Morgan fingerprint density at radius 2 is 1.91 bits per heavy atom. The van der Waals surface area contributed by atoms with Gasteiger partial charge in [0.05, 0.1) is 12.5 Å². The molecule has 2 heterocycles. The molecule has 1 aromatic heterocycles. The van der Waals surface area contributed by atoms with E-state index in [0.29, 0.717) is 30.4 Å². The number of anilines is 2. The van der Waals surface area contributed by atoms with Gasteiger partial charge in [-0.15, -0.1) is 0 Å². The number of aromatic nitrogens is 2. The van der Waals surface area contributed by atoms with E-state index < -0.39 is 23.7 Å². The maximum absolute atomic E-state index is 15.2. The maximum atomic E-state index is 15.2. The summed E-state index contributed by atoms with van der Waals surface area (Å²) in [4.78, 5) is 46.0. The molecular formula is C22H34FN7O4. The summed E-state index contributed by atoms with van der Waals surface area (Å²) < 4.78 is 15.2. The van der Waals surface area contributed by atoms with Gasteiger partial charge in [0.25, 0.3) is 0 Å². The number of likely N-dealkylation sites (N-methyl/N-ethyl adjacent to an activating group) is 1. The fourth-order valence-electron chi connectivity index (χ4n) is 4.64. The van der Waals surface area contributed by atoms with Crippen molar-refractivity contribution < 1.29 is 24.0 Å². The number of nitrogens with zero attached hydrogens (tertiary/aromatic N) is 4. The van der Waals surface area contributed by atoms with Gasteiger partial charge in [-0.1, -0.05) is 25.7 Å². The molecule has 1 saturated carbocycles. The minimum atomic E-state index is -0.824. The van der Waals surface area contributed by atoms with Crippen LogP contribution < -0.4 is 16.2 Å². The molecule has 34 heavy (non-hydrogen) atoms. The number of aryl methyl sites for hydroxylation is 1. The SMILES string of the molecule is Cc1nc(NNC(=O)[C@H](CC2CCCC2)CN(O)C=O)c(F)c(N[C@H]2CCCCN(C)C2=O)n1. The van der Waals surface area contributed by atoms with E-state index in [9.17, 15) is 19.6 Å². The first-order valence-electron chi connectivity index (χ1n) is 11.8. The molecule has 0 aromatic carbocycles. The zero-order valence-electron chi connectivity index (χ0n) is 19.7. The molecule has 4 N–H and O–H groups in total. The third-order valence-corrected chi connectivity index (χ3v) is 6.48. The van der Waals surface area contributed by atoms with Crippen molar-refractivity contribution in [3.63, 3.8) is 0 Å². The summed E-state index contributed by atoms with van der Waals surface area (Å²) >= 11 is 0. The number of hydrogen-bond donors (Lipinski definition) is 4. The summed E-state index contributed by atoms with van der Waals surface area (Å²) in [5.74, 6) is -1.90. The molecule has 3 amide bonds. The lowest BCUT2D eigenvalue weighted by Crippen LogP contribution is -2.41.